The smallest absolute Gasteiger partial charge is 0.262 e. The zero-order chi connectivity index (χ0) is 24.5. The second-order valence-corrected chi connectivity index (χ2v) is 8.33. The Hall–Kier alpha value is -3.03. The van der Waals surface area contributed by atoms with E-state index in [-0.39, 0.29) is 22.3 Å². The van der Waals surface area contributed by atoms with E-state index < -0.39 is 17.9 Å². The lowest BCUT2D eigenvalue weighted by atomic mass is 10.0. The number of hydrogen-bond acceptors (Lipinski definition) is 5. The molecule has 33 heavy (non-hydrogen) atoms. The molecule has 1 atom stereocenters. The molecule has 0 aliphatic rings. The summed E-state index contributed by atoms with van der Waals surface area (Å²) in [6.07, 6.45) is 3.54. The van der Waals surface area contributed by atoms with Crippen molar-refractivity contribution in [2.75, 3.05) is 6.61 Å². The van der Waals surface area contributed by atoms with Gasteiger partial charge in [0.25, 0.3) is 11.8 Å². The van der Waals surface area contributed by atoms with Crippen molar-refractivity contribution in [3.63, 3.8) is 0 Å². The van der Waals surface area contributed by atoms with Crippen molar-refractivity contribution in [1.29, 1.82) is 0 Å². The molecule has 0 saturated heterocycles. The van der Waals surface area contributed by atoms with E-state index in [1.54, 1.807) is 32.1 Å². The third kappa shape index (κ3) is 7.23. The van der Waals surface area contributed by atoms with Crippen LogP contribution in [0.15, 0.2) is 48.1 Å². The number of nitrogens with zero attached hydrogens (tertiary/aromatic N) is 1. The number of nitrogens with one attached hydrogen (secondary N) is 2. The second kappa shape index (κ2) is 12.3. The summed E-state index contributed by atoms with van der Waals surface area (Å²) in [7, 11) is 0. The minimum absolute atomic E-state index is 0.0443. The van der Waals surface area contributed by atoms with Crippen LogP contribution in [0.4, 0.5) is 0 Å². The van der Waals surface area contributed by atoms with Gasteiger partial charge < -0.3 is 15.2 Å². The van der Waals surface area contributed by atoms with Crippen LogP contribution < -0.4 is 15.5 Å². The average Bonchev–Trinajstić information content (AvgIpc) is 2.76. The number of halogens is 2. The number of amides is 2. The first kappa shape index (κ1) is 26.2. The first-order chi connectivity index (χ1) is 15.7. The number of allylic oxidation sites excluding steroid dienone is 1. The van der Waals surface area contributed by atoms with Gasteiger partial charge in [0.05, 0.1) is 22.9 Å². The van der Waals surface area contributed by atoms with Crippen molar-refractivity contribution < 1.29 is 19.4 Å². The summed E-state index contributed by atoms with van der Waals surface area (Å²) in [6, 6.07) is 6.99. The van der Waals surface area contributed by atoms with Gasteiger partial charge in [0, 0.05) is 11.1 Å². The molecule has 3 N–H and O–H groups in total. The molecular weight excluding hydrogens is 465 g/mol. The molecule has 9 heteroatoms. The van der Waals surface area contributed by atoms with Gasteiger partial charge in [-0.3, -0.25) is 9.59 Å². The predicted molar refractivity (Wildman–Crippen MR) is 131 cm³/mol. The van der Waals surface area contributed by atoms with E-state index in [2.05, 4.69) is 22.4 Å². The molecule has 2 aromatic rings. The Kier molecular flexibility index (Phi) is 9.75. The third-order valence-electron chi connectivity index (χ3n) is 4.65. The van der Waals surface area contributed by atoms with Crippen molar-refractivity contribution in [1.82, 2.24) is 10.7 Å². The maximum Gasteiger partial charge on any atom is 0.262 e. The average molecular weight is 492 g/mol. The molecule has 0 aliphatic carbocycles. The van der Waals surface area contributed by atoms with Crippen molar-refractivity contribution in [2.24, 2.45) is 11.0 Å². The van der Waals surface area contributed by atoms with Crippen molar-refractivity contribution >= 4 is 41.2 Å². The highest BCUT2D eigenvalue weighted by Gasteiger charge is 2.24. The van der Waals surface area contributed by atoms with Crippen LogP contribution in [0, 0.1) is 5.92 Å². The Balaban J connectivity index is 2.13. The lowest BCUT2D eigenvalue weighted by Gasteiger charge is -2.20. The van der Waals surface area contributed by atoms with Gasteiger partial charge in [0.1, 0.15) is 6.04 Å². The van der Waals surface area contributed by atoms with Crippen molar-refractivity contribution in [2.45, 2.75) is 33.2 Å². The third-order valence-corrected chi connectivity index (χ3v) is 5.39. The molecule has 0 radical (unpaired) electrons. The highest BCUT2D eigenvalue weighted by molar-refractivity contribution is 6.42. The van der Waals surface area contributed by atoms with Gasteiger partial charge in [-0.15, -0.1) is 6.58 Å². The van der Waals surface area contributed by atoms with Crippen LogP contribution in [0.3, 0.4) is 0 Å². The molecule has 0 bridgehead atoms. The molecule has 0 saturated carbocycles. The fourth-order valence-electron chi connectivity index (χ4n) is 2.98. The van der Waals surface area contributed by atoms with Crippen LogP contribution in [0.2, 0.25) is 10.0 Å². The maximum atomic E-state index is 12.7. The molecule has 0 aromatic heterocycles. The highest BCUT2D eigenvalue weighted by atomic mass is 35.5. The molecule has 2 rings (SSSR count). The Labute approximate surface area is 203 Å². The molecule has 2 amide bonds. The summed E-state index contributed by atoms with van der Waals surface area (Å²) in [5, 5.41) is 17.6. The van der Waals surface area contributed by atoms with Gasteiger partial charge in [-0.1, -0.05) is 43.1 Å². The molecule has 1 unspecified atom stereocenters. The van der Waals surface area contributed by atoms with E-state index in [4.69, 9.17) is 27.9 Å². The van der Waals surface area contributed by atoms with E-state index in [0.717, 1.165) is 0 Å². The largest absolute Gasteiger partial charge is 0.504 e. The fourth-order valence-corrected chi connectivity index (χ4v) is 3.28. The van der Waals surface area contributed by atoms with Crippen LogP contribution in [-0.2, 0) is 11.2 Å². The molecule has 0 heterocycles. The number of benzene rings is 2. The second-order valence-electron chi connectivity index (χ2n) is 7.51. The van der Waals surface area contributed by atoms with Gasteiger partial charge in [-0.25, -0.2) is 5.43 Å². The minimum Gasteiger partial charge on any atom is -0.504 e. The van der Waals surface area contributed by atoms with E-state index in [0.29, 0.717) is 34.9 Å². The number of carbonyl (C=O) groups is 2. The molecule has 0 fully saturated rings. The number of hydrogen-bond donors (Lipinski definition) is 3. The molecule has 2 aromatic carbocycles. The van der Waals surface area contributed by atoms with Gasteiger partial charge in [-0.2, -0.15) is 5.10 Å². The number of hydrazone groups is 1. The summed E-state index contributed by atoms with van der Waals surface area (Å²) < 4.78 is 5.46. The Morgan fingerprint density at radius 3 is 2.55 bits per heavy atom. The number of ether oxygens (including phenoxy) is 1. The van der Waals surface area contributed by atoms with Gasteiger partial charge in [0.15, 0.2) is 11.5 Å². The Bertz CT molecular complexity index is 1050. The van der Waals surface area contributed by atoms with Crippen LogP contribution >= 0.6 is 23.2 Å². The van der Waals surface area contributed by atoms with Crippen LogP contribution in [0.1, 0.15) is 42.3 Å². The van der Waals surface area contributed by atoms with Crippen LogP contribution in [0.25, 0.3) is 0 Å². The van der Waals surface area contributed by atoms with Gasteiger partial charge >= 0.3 is 0 Å². The van der Waals surface area contributed by atoms with Crippen LogP contribution in [-0.4, -0.2) is 35.8 Å². The van der Waals surface area contributed by atoms with Crippen molar-refractivity contribution in [3.8, 4) is 11.5 Å². The van der Waals surface area contributed by atoms with Crippen molar-refractivity contribution in [3.05, 3.63) is 69.7 Å². The molecule has 0 spiro atoms. The quantitative estimate of drug-likeness (QED) is 0.254. The number of rotatable bonds is 10. The summed E-state index contributed by atoms with van der Waals surface area (Å²) in [5.41, 5.74) is 3.98. The van der Waals surface area contributed by atoms with E-state index in [1.165, 1.54) is 24.4 Å². The Morgan fingerprint density at radius 1 is 1.21 bits per heavy atom. The SMILES string of the molecule is C=CCc1cc(C=NNC(=O)C(NC(=O)c2ccc(Cl)c(Cl)c2)C(C)C)cc(OCC)c1O. The minimum atomic E-state index is -0.834. The summed E-state index contributed by atoms with van der Waals surface area (Å²) >= 11 is 11.9. The number of aromatic hydroxyl groups is 1. The number of carbonyl (C=O) groups excluding carboxylic acids is 2. The summed E-state index contributed by atoms with van der Waals surface area (Å²) in [5.74, 6) is -0.782. The van der Waals surface area contributed by atoms with E-state index >= 15 is 0 Å². The first-order valence-corrected chi connectivity index (χ1v) is 11.1. The Morgan fingerprint density at radius 2 is 1.94 bits per heavy atom. The number of phenolic OH excluding ortho intramolecular Hbond substituents is 1. The zero-order valence-corrected chi connectivity index (χ0v) is 20.2. The normalized spacial score (nSPS) is 11.9. The lowest BCUT2D eigenvalue weighted by Crippen LogP contribution is -2.48. The first-order valence-electron chi connectivity index (χ1n) is 10.4. The van der Waals surface area contributed by atoms with E-state index in [1.807, 2.05) is 6.92 Å². The molecule has 176 valence electrons. The topological polar surface area (TPSA) is 100 Å². The zero-order valence-electron chi connectivity index (χ0n) is 18.7. The lowest BCUT2D eigenvalue weighted by molar-refractivity contribution is -0.123. The molecule has 0 aliphatic heterocycles. The maximum absolute atomic E-state index is 12.7. The van der Waals surface area contributed by atoms with E-state index in [9.17, 15) is 14.7 Å². The monoisotopic (exact) mass is 491 g/mol. The van der Waals surface area contributed by atoms with Gasteiger partial charge in [0.2, 0.25) is 0 Å². The predicted octanol–water partition coefficient (Wildman–Crippen LogP) is 4.73. The summed E-state index contributed by atoms with van der Waals surface area (Å²) in [6.45, 7) is 9.49. The molecule has 7 nitrogen and oxygen atoms in total. The standard InChI is InChI=1S/C24H27Cl2N3O4/c1-5-7-16-10-15(11-20(22(16)30)33-6-2)13-27-29-24(32)21(14(3)4)28-23(31)17-8-9-18(25)19(26)12-17/h5,8-14,21,30H,1,6-7H2,2-4H3,(H,28,31)(H,29,32). The summed E-state index contributed by atoms with van der Waals surface area (Å²) in [4.78, 5) is 25.3. The van der Waals surface area contributed by atoms with Gasteiger partial charge in [-0.05, 0) is 55.2 Å². The molecular formula is C24H27Cl2N3O4. The fraction of sp³-hybridized carbons (Fsp3) is 0.292. The number of phenols is 1. The highest BCUT2D eigenvalue weighted by Crippen LogP contribution is 2.32. The van der Waals surface area contributed by atoms with Crippen LogP contribution in [0.5, 0.6) is 11.5 Å².